The summed E-state index contributed by atoms with van der Waals surface area (Å²) in [5, 5.41) is 4.88. The van der Waals surface area contributed by atoms with Crippen molar-refractivity contribution in [2.24, 2.45) is 5.73 Å². The lowest BCUT2D eigenvalue weighted by molar-refractivity contribution is -0.137. The minimum atomic E-state index is -4.53. The van der Waals surface area contributed by atoms with E-state index in [2.05, 4.69) is 20.6 Å². The van der Waals surface area contributed by atoms with E-state index in [1.807, 2.05) is 0 Å². The molecule has 0 fully saturated rings. The number of hydrogen-bond donors (Lipinski definition) is 4. The van der Waals surface area contributed by atoms with Crippen LogP contribution in [0.1, 0.15) is 23.5 Å². The Bertz CT molecular complexity index is 954. The largest absolute Gasteiger partial charge is 0.416 e. The van der Waals surface area contributed by atoms with Gasteiger partial charge in [0.2, 0.25) is 17.8 Å². The zero-order chi connectivity index (χ0) is 19.1. The van der Waals surface area contributed by atoms with Crippen molar-refractivity contribution < 1.29 is 22.8 Å². The van der Waals surface area contributed by atoms with Gasteiger partial charge < -0.3 is 16.4 Å². The molecule has 2 heterocycles. The molecule has 11 heteroatoms. The number of amides is 2. The van der Waals surface area contributed by atoms with Crippen LogP contribution in [-0.2, 0) is 15.8 Å². The molecular formula is C15H12F3N5O3. The van der Waals surface area contributed by atoms with Crippen LogP contribution >= 0.6 is 0 Å². The van der Waals surface area contributed by atoms with Gasteiger partial charge in [0.1, 0.15) is 5.82 Å². The van der Waals surface area contributed by atoms with Crippen LogP contribution in [0, 0.1) is 0 Å². The average molecular weight is 367 g/mol. The summed E-state index contributed by atoms with van der Waals surface area (Å²) in [6.07, 6.45) is -4.81. The Kier molecular flexibility index (Phi) is 4.14. The maximum absolute atomic E-state index is 12.8. The molecule has 1 aliphatic rings. The van der Waals surface area contributed by atoms with Gasteiger partial charge in [0.05, 0.1) is 17.0 Å². The first kappa shape index (κ1) is 17.5. The van der Waals surface area contributed by atoms with Crippen molar-refractivity contribution in [3.63, 3.8) is 0 Å². The van der Waals surface area contributed by atoms with Crippen molar-refractivity contribution in [2.75, 3.05) is 10.6 Å². The molecule has 0 bridgehead atoms. The maximum Gasteiger partial charge on any atom is 0.416 e. The summed E-state index contributed by atoms with van der Waals surface area (Å²) < 4.78 is 38.3. The van der Waals surface area contributed by atoms with Gasteiger partial charge in [-0.1, -0.05) is 6.07 Å². The van der Waals surface area contributed by atoms with Crippen molar-refractivity contribution in [3.05, 3.63) is 45.7 Å². The van der Waals surface area contributed by atoms with E-state index in [4.69, 9.17) is 5.73 Å². The van der Waals surface area contributed by atoms with Crippen LogP contribution in [0.3, 0.4) is 0 Å². The van der Waals surface area contributed by atoms with Crippen LogP contribution in [0.2, 0.25) is 0 Å². The van der Waals surface area contributed by atoms with Gasteiger partial charge in [0.25, 0.3) is 5.56 Å². The molecule has 0 spiro atoms. The van der Waals surface area contributed by atoms with Crippen molar-refractivity contribution in [3.8, 4) is 0 Å². The van der Waals surface area contributed by atoms with E-state index in [0.717, 1.165) is 12.1 Å². The third-order valence-electron chi connectivity index (χ3n) is 3.75. The van der Waals surface area contributed by atoms with Crippen LogP contribution in [0.25, 0.3) is 0 Å². The third-order valence-corrected chi connectivity index (χ3v) is 3.75. The Morgan fingerprint density at radius 2 is 2.04 bits per heavy atom. The number of hydrogen-bond acceptors (Lipinski definition) is 5. The summed E-state index contributed by atoms with van der Waals surface area (Å²) >= 11 is 0. The molecule has 1 aromatic carbocycles. The van der Waals surface area contributed by atoms with Gasteiger partial charge in [-0.3, -0.25) is 19.4 Å². The molecule has 5 N–H and O–H groups in total. The predicted octanol–water partition coefficient (Wildman–Crippen LogP) is 1.44. The minimum Gasteiger partial charge on any atom is -0.369 e. The number of anilines is 3. The van der Waals surface area contributed by atoms with Gasteiger partial charge in [0, 0.05) is 12.1 Å². The van der Waals surface area contributed by atoms with Gasteiger partial charge in [0.15, 0.2) is 0 Å². The summed E-state index contributed by atoms with van der Waals surface area (Å²) in [7, 11) is 0. The SMILES string of the molecule is NC(=O)C1CC(=O)Nc2nc(Nc3cccc(C(F)(F)F)c3)[nH]c(=O)c21. The Hall–Kier alpha value is -3.37. The molecule has 1 unspecified atom stereocenters. The van der Waals surface area contributed by atoms with E-state index >= 15 is 0 Å². The minimum absolute atomic E-state index is 0.0245. The first-order chi connectivity index (χ1) is 12.1. The Morgan fingerprint density at radius 3 is 2.69 bits per heavy atom. The van der Waals surface area contributed by atoms with Crippen molar-refractivity contribution in [1.82, 2.24) is 9.97 Å². The van der Waals surface area contributed by atoms with Crippen LogP contribution < -0.4 is 21.9 Å². The van der Waals surface area contributed by atoms with Gasteiger partial charge in [-0.05, 0) is 18.2 Å². The molecular weight excluding hydrogens is 355 g/mol. The zero-order valence-corrected chi connectivity index (χ0v) is 13.0. The molecule has 2 amide bonds. The van der Waals surface area contributed by atoms with Gasteiger partial charge >= 0.3 is 6.18 Å². The number of benzene rings is 1. The summed E-state index contributed by atoms with van der Waals surface area (Å²) in [5.74, 6) is -2.89. The van der Waals surface area contributed by atoms with Gasteiger partial charge in [-0.15, -0.1) is 0 Å². The number of fused-ring (bicyclic) bond motifs is 1. The highest BCUT2D eigenvalue weighted by atomic mass is 19.4. The second kappa shape index (κ2) is 6.17. The number of H-pyrrole nitrogens is 1. The van der Waals surface area contributed by atoms with E-state index in [-0.39, 0.29) is 29.4 Å². The Morgan fingerprint density at radius 1 is 1.31 bits per heavy atom. The van der Waals surface area contributed by atoms with Gasteiger partial charge in [-0.25, -0.2) is 0 Å². The molecule has 26 heavy (non-hydrogen) atoms. The molecule has 0 aliphatic carbocycles. The van der Waals surface area contributed by atoms with E-state index < -0.39 is 35.0 Å². The van der Waals surface area contributed by atoms with E-state index in [0.29, 0.717) is 0 Å². The van der Waals surface area contributed by atoms with Crippen LogP contribution in [-0.4, -0.2) is 21.8 Å². The fourth-order valence-corrected chi connectivity index (χ4v) is 2.58. The highest BCUT2D eigenvalue weighted by Crippen LogP contribution is 2.32. The lowest BCUT2D eigenvalue weighted by atomic mass is 9.93. The number of nitrogens with two attached hydrogens (primary N) is 1. The first-order valence-electron chi connectivity index (χ1n) is 7.33. The van der Waals surface area contributed by atoms with Gasteiger partial charge in [-0.2, -0.15) is 18.2 Å². The molecule has 0 saturated heterocycles. The Labute approximate surface area is 143 Å². The lowest BCUT2D eigenvalue weighted by Gasteiger charge is -2.22. The van der Waals surface area contributed by atoms with Crippen LogP contribution in [0.4, 0.5) is 30.6 Å². The number of aromatic amines is 1. The van der Waals surface area contributed by atoms with Crippen molar-refractivity contribution in [1.29, 1.82) is 0 Å². The molecule has 1 atom stereocenters. The third kappa shape index (κ3) is 3.36. The zero-order valence-electron chi connectivity index (χ0n) is 13.0. The summed E-state index contributed by atoms with van der Waals surface area (Å²) in [6, 6.07) is 4.27. The molecule has 8 nitrogen and oxygen atoms in total. The van der Waals surface area contributed by atoms with E-state index in [1.54, 1.807) is 0 Å². The summed E-state index contributed by atoms with van der Waals surface area (Å²) in [6.45, 7) is 0. The molecule has 1 aromatic heterocycles. The quantitative estimate of drug-likeness (QED) is 0.652. The molecule has 1 aliphatic heterocycles. The smallest absolute Gasteiger partial charge is 0.369 e. The number of halogens is 3. The highest BCUT2D eigenvalue weighted by Gasteiger charge is 2.33. The number of rotatable bonds is 3. The molecule has 3 rings (SSSR count). The van der Waals surface area contributed by atoms with Crippen LogP contribution in [0.15, 0.2) is 29.1 Å². The highest BCUT2D eigenvalue weighted by molar-refractivity contribution is 5.99. The topological polar surface area (TPSA) is 130 Å². The van der Waals surface area contributed by atoms with E-state index in [9.17, 15) is 27.6 Å². The lowest BCUT2D eigenvalue weighted by Crippen LogP contribution is -2.36. The number of carbonyl (C=O) groups excluding carboxylic acids is 2. The monoisotopic (exact) mass is 367 g/mol. The first-order valence-corrected chi connectivity index (χ1v) is 7.33. The fourth-order valence-electron chi connectivity index (χ4n) is 2.58. The number of alkyl halides is 3. The number of primary amides is 1. The normalized spacial score (nSPS) is 16.6. The molecule has 0 radical (unpaired) electrons. The fraction of sp³-hybridized carbons (Fsp3) is 0.200. The van der Waals surface area contributed by atoms with Crippen molar-refractivity contribution >= 4 is 29.3 Å². The second-order valence-electron chi connectivity index (χ2n) is 5.59. The van der Waals surface area contributed by atoms with Crippen molar-refractivity contribution in [2.45, 2.75) is 18.5 Å². The molecule has 2 aromatic rings. The van der Waals surface area contributed by atoms with E-state index in [1.165, 1.54) is 12.1 Å². The Balaban J connectivity index is 1.98. The number of nitrogens with one attached hydrogen (secondary N) is 3. The molecule has 136 valence electrons. The molecule has 0 saturated carbocycles. The number of nitrogens with zero attached hydrogens (tertiary/aromatic N) is 1. The second-order valence-corrected chi connectivity index (χ2v) is 5.59. The standard InChI is InChI=1S/C15H12F3N5O3/c16-15(17,18)6-2-1-3-7(4-6)20-14-22-12-10(13(26)23-14)8(11(19)25)5-9(24)21-12/h1-4,8H,5H2,(H2,19,25)(H3,20,21,22,23,24,26). The number of carbonyl (C=O) groups is 2. The summed E-state index contributed by atoms with van der Waals surface area (Å²) in [5.41, 5.74) is 3.53. The predicted molar refractivity (Wildman–Crippen MR) is 84.8 cm³/mol. The number of aromatic nitrogens is 2. The van der Waals surface area contributed by atoms with Crippen LogP contribution in [0.5, 0.6) is 0 Å². The summed E-state index contributed by atoms with van der Waals surface area (Å²) in [4.78, 5) is 41.7. The average Bonchev–Trinajstić information content (AvgIpc) is 2.53. The maximum atomic E-state index is 12.8.